The fraction of sp³-hybridized carbons (Fsp3) is 0.350. The largest absolute Gasteiger partial charge is 0.460 e. The van der Waals surface area contributed by atoms with Crippen molar-refractivity contribution in [3.05, 3.63) is 70.8 Å². The highest BCUT2D eigenvalue weighted by Gasteiger charge is 2.45. The molecule has 1 saturated heterocycles. The number of benzene rings is 2. The van der Waals surface area contributed by atoms with Crippen LogP contribution in [0.5, 0.6) is 0 Å². The van der Waals surface area contributed by atoms with Crippen LogP contribution < -0.4 is 0 Å². The van der Waals surface area contributed by atoms with Crippen molar-refractivity contribution in [3.8, 4) is 0 Å². The second-order valence-electron chi connectivity index (χ2n) is 6.72. The molecule has 1 unspecified atom stereocenters. The molecule has 2 aromatic rings. The van der Waals surface area contributed by atoms with E-state index in [-0.39, 0.29) is 13.0 Å². The van der Waals surface area contributed by atoms with Gasteiger partial charge in [0.25, 0.3) is 0 Å². The van der Waals surface area contributed by atoms with E-state index in [1.165, 1.54) is 31.2 Å². The van der Waals surface area contributed by atoms with Gasteiger partial charge < -0.3 is 9.47 Å². The molecule has 156 valence electrons. The lowest BCUT2D eigenvalue weighted by Gasteiger charge is -2.30. The highest BCUT2D eigenvalue weighted by molar-refractivity contribution is 5.66. The number of esters is 1. The minimum Gasteiger partial charge on any atom is -0.460 e. The normalized spacial score (nSPS) is 19.2. The number of ether oxygens (including phenoxy) is 2. The Morgan fingerprint density at radius 3 is 1.66 bits per heavy atom. The summed E-state index contributed by atoms with van der Waals surface area (Å²) in [7, 11) is 0. The monoisotopic (exact) mass is 418 g/mol. The standard InChI is InChI=1S/C20H16F6O3/c1-12(27)29-17-10-18(28-11-17,13-2-6-15(7-3-13)19(21,22)23)14-4-8-16(9-5-14)20(24,25)26/h2-9,17H,10-11H2,1H3. The van der Waals surface area contributed by atoms with Crippen molar-refractivity contribution in [2.75, 3.05) is 6.61 Å². The summed E-state index contributed by atoms with van der Waals surface area (Å²) >= 11 is 0. The van der Waals surface area contributed by atoms with Crippen LogP contribution in [-0.2, 0) is 32.2 Å². The number of rotatable bonds is 3. The van der Waals surface area contributed by atoms with Crippen LogP contribution in [0, 0.1) is 0 Å². The smallest absolute Gasteiger partial charge is 0.416 e. The lowest BCUT2D eigenvalue weighted by molar-refractivity contribution is -0.146. The van der Waals surface area contributed by atoms with Gasteiger partial charge in [-0.15, -0.1) is 0 Å². The molecule has 3 rings (SSSR count). The van der Waals surface area contributed by atoms with Gasteiger partial charge in [-0.05, 0) is 35.4 Å². The predicted molar refractivity (Wildman–Crippen MR) is 89.8 cm³/mol. The Hall–Kier alpha value is -2.55. The summed E-state index contributed by atoms with van der Waals surface area (Å²) in [4.78, 5) is 11.3. The zero-order chi connectivity index (χ0) is 21.4. The molecule has 0 amide bonds. The molecule has 3 nitrogen and oxygen atoms in total. The van der Waals surface area contributed by atoms with Crippen molar-refractivity contribution in [3.63, 3.8) is 0 Å². The Bertz CT molecular complexity index is 812. The van der Waals surface area contributed by atoms with Crippen LogP contribution in [-0.4, -0.2) is 18.7 Å². The first-order valence-corrected chi connectivity index (χ1v) is 8.58. The summed E-state index contributed by atoms with van der Waals surface area (Å²) in [6, 6.07) is 8.39. The van der Waals surface area contributed by atoms with E-state index in [9.17, 15) is 31.1 Å². The Morgan fingerprint density at radius 1 is 0.897 bits per heavy atom. The molecule has 1 atom stereocenters. The number of carbonyl (C=O) groups is 1. The van der Waals surface area contributed by atoms with Crippen LogP contribution in [0.25, 0.3) is 0 Å². The molecule has 9 heteroatoms. The molecule has 0 saturated carbocycles. The van der Waals surface area contributed by atoms with Gasteiger partial charge in [0.05, 0.1) is 17.7 Å². The quantitative estimate of drug-likeness (QED) is 0.500. The first-order valence-electron chi connectivity index (χ1n) is 8.58. The van der Waals surface area contributed by atoms with Crippen molar-refractivity contribution in [2.45, 2.75) is 37.4 Å². The highest BCUT2D eigenvalue weighted by atomic mass is 19.4. The molecule has 1 aliphatic rings. The van der Waals surface area contributed by atoms with E-state index in [4.69, 9.17) is 9.47 Å². The van der Waals surface area contributed by atoms with Gasteiger partial charge in [0.2, 0.25) is 0 Å². The Morgan fingerprint density at radius 2 is 1.31 bits per heavy atom. The zero-order valence-electron chi connectivity index (χ0n) is 15.1. The minimum atomic E-state index is -4.53. The molecule has 1 aliphatic heterocycles. The van der Waals surface area contributed by atoms with Gasteiger partial charge in [0.15, 0.2) is 0 Å². The van der Waals surface area contributed by atoms with Crippen LogP contribution in [0.2, 0.25) is 0 Å². The highest BCUT2D eigenvalue weighted by Crippen LogP contribution is 2.44. The van der Waals surface area contributed by atoms with Crippen molar-refractivity contribution in [2.24, 2.45) is 0 Å². The fourth-order valence-corrected chi connectivity index (χ4v) is 3.41. The van der Waals surface area contributed by atoms with Crippen LogP contribution in [0.3, 0.4) is 0 Å². The second-order valence-corrected chi connectivity index (χ2v) is 6.72. The average Bonchev–Trinajstić information content (AvgIpc) is 3.05. The average molecular weight is 418 g/mol. The second kappa shape index (κ2) is 7.37. The number of carbonyl (C=O) groups excluding carboxylic acids is 1. The first kappa shape index (κ1) is 21.2. The summed E-state index contributed by atoms with van der Waals surface area (Å²) in [5, 5.41) is 0. The van der Waals surface area contributed by atoms with E-state index in [0.29, 0.717) is 11.1 Å². The number of halogens is 6. The van der Waals surface area contributed by atoms with Crippen molar-refractivity contribution in [1.29, 1.82) is 0 Å². The third kappa shape index (κ3) is 4.39. The van der Waals surface area contributed by atoms with Crippen molar-refractivity contribution >= 4 is 5.97 Å². The topological polar surface area (TPSA) is 35.5 Å². The SMILES string of the molecule is CC(=O)OC1COC(c2ccc(C(F)(F)F)cc2)(c2ccc(C(F)(F)F)cc2)C1. The van der Waals surface area contributed by atoms with Crippen molar-refractivity contribution in [1.82, 2.24) is 0 Å². The van der Waals surface area contributed by atoms with E-state index in [1.54, 1.807) is 0 Å². The van der Waals surface area contributed by atoms with Gasteiger partial charge in [0.1, 0.15) is 11.7 Å². The summed E-state index contributed by atoms with van der Waals surface area (Å²) in [6.07, 6.45) is -9.69. The molecule has 0 radical (unpaired) electrons. The lowest BCUT2D eigenvalue weighted by Crippen LogP contribution is -2.28. The number of alkyl halides is 6. The molecule has 0 aliphatic carbocycles. The van der Waals surface area contributed by atoms with Crippen molar-refractivity contribution < 1.29 is 40.6 Å². The van der Waals surface area contributed by atoms with Gasteiger partial charge in [-0.2, -0.15) is 26.3 Å². The summed E-state index contributed by atoms with van der Waals surface area (Å²) in [6.45, 7) is 1.16. The van der Waals surface area contributed by atoms with E-state index < -0.39 is 41.2 Å². The molecule has 0 N–H and O–H groups in total. The van der Waals surface area contributed by atoms with Crippen LogP contribution in [0.1, 0.15) is 35.6 Å². The summed E-state index contributed by atoms with van der Waals surface area (Å²) in [5.41, 5.74) is -2.43. The molecular formula is C20H16F6O3. The van der Waals surface area contributed by atoms with Crippen LogP contribution in [0.4, 0.5) is 26.3 Å². The molecule has 0 bridgehead atoms. The lowest BCUT2D eigenvalue weighted by atomic mass is 9.82. The third-order valence-electron chi connectivity index (χ3n) is 4.72. The van der Waals surface area contributed by atoms with Crippen LogP contribution >= 0.6 is 0 Å². The molecule has 2 aromatic carbocycles. The number of hydrogen-bond acceptors (Lipinski definition) is 3. The van der Waals surface area contributed by atoms with Gasteiger partial charge in [-0.25, -0.2) is 0 Å². The third-order valence-corrected chi connectivity index (χ3v) is 4.72. The van der Waals surface area contributed by atoms with Gasteiger partial charge in [0, 0.05) is 13.3 Å². The van der Waals surface area contributed by atoms with Gasteiger partial charge in [-0.3, -0.25) is 4.79 Å². The Balaban J connectivity index is 2.03. The van der Waals surface area contributed by atoms with Gasteiger partial charge in [-0.1, -0.05) is 24.3 Å². The zero-order valence-corrected chi connectivity index (χ0v) is 15.1. The molecule has 0 spiro atoms. The molecule has 1 heterocycles. The number of hydrogen-bond donors (Lipinski definition) is 0. The molecular weight excluding hydrogens is 402 g/mol. The van der Waals surface area contributed by atoms with E-state index in [2.05, 4.69) is 0 Å². The van der Waals surface area contributed by atoms with Gasteiger partial charge >= 0.3 is 18.3 Å². The maximum Gasteiger partial charge on any atom is 0.416 e. The van der Waals surface area contributed by atoms with E-state index in [0.717, 1.165) is 24.3 Å². The Kier molecular flexibility index (Phi) is 5.38. The maximum absolute atomic E-state index is 12.9. The fourth-order valence-electron chi connectivity index (χ4n) is 3.41. The molecule has 29 heavy (non-hydrogen) atoms. The first-order chi connectivity index (χ1) is 13.4. The van der Waals surface area contributed by atoms with E-state index >= 15 is 0 Å². The molecule has 0 aromatic heterocycles. The van der Waals surface area contributed by atoms with Crippen LogP contribution in [0.15, 0.2) is 48.5 Å². The summed E-state index contributed by atoms with van der Waals surface area (Å²) < 4.78 is 88.3. The predicted octanol–water partition coefficient (Wildman–Crippen LogP) is 5.32. The van der Waals surface area contributed by atoms with E-state index in [1.807, 2.05) is 0 Å². The Labute approximate surface area is 162 Å². The maximum atomic E-state index is 12.9. The summed E-state index contributed by atoms with van der Waals surface area (Å²) in [5.74, 6) is -0.561. The minimum absolute atomic E-state index is 0.0401. The molecule has 1 fully saturated rings.